The average Bonchev–Trinajstić information content (AvgIpc) is 2.01. The number of ketones is 1. The van der Waals surface area contributed by atoms with Gasteiger partial charge in [0.05, 0.1) is 0 Å². The zero-order valence-electron chi connectivity index (χ0n) is 6.79. The highest BCUT2D eigenvalue weighted by Crippen LogP contribution is 1.98. The zero-order chi connectivity index (χ0) is 10.9. The maximum Gasteiger partial charge on any atom is 0.327 e. The number of anilines is 1. The van der Waals surface area contributed by atoms with Crippen LogP contribution in [0, 0.1) is 0 Å². The molecule has 14 heavy (non-hydrogen) atoms. The molecule has 0 bridgehead atoms. The largest absolute Gasteiger partial charge is 0.384 e. The molecule has 0 spiro atoms. The van der Waals surface area contributed by atoms with E-state index >= 15 is 0 Å². The number of nitrogens with one attached hydrogen (secondary N) is 2. The number of rotatable bonds is 2. The summed E-state index contributed by atoms with van der Waals surface area (Å²) in [6.07, 6.45) is 0. The highest BCUT2D eigenvalue weighted by Gasteiger charge is 2.20. The highest BCUT2D eigenvalue weighted by molar-refractivity contribution is 6.43. The third-order valence-electron chi connectivity index (χ3n) is 1.42. The Bertz CT molecular complexity index is 511. The summed E-state index contributed by atoms with van der Waals surface area (Å²) >= 11 is 0. The minimum Gasteiger partial charge on any atom is -0.384 e. The van der Waals surface area contributed by atoms with Gasteiger partial charge in [-0.2, -0.15) is 0 Å². The van der Waals surface area contributed by atoms with E-state index in [0.717, 1.165) is 0 Å². The van der Waals surface area contributed by atoms with Crippen molar-refractivity contribution in [3.63, 3.8) is 0 Å². The maximum absolute atomic E-state index is 11.0. The van der Waals surface area contributed by atoms with Crippen LogP contribution < -0.4 is 22.7 Å². The lowest BCUT2D eigenvalue weighted by atomic mass is 10.2. The predicted octanol–water partition coefficient (Wildman–Crippen LogP) is -2.69. The first-order valence-corrected chi connectivity index (χ1v) is 3.39. The molecule has 0 atom stereocenters. The van der Waals surface area contributed by atoms with E-state index in [4.69, 9.17) is 5.73 Å². The molecule has 0 saturated heterocycles. The molecule has 6 N–H and O–H groups in total. The van der Waals surface area contributed by atoms with Gasteiger partial charge < -0.3 is 11.5 Å². The Balaban J connectivity index is 3.51. The van der Waals surface area contributed by atoms with E-state index < -0.39 is 34.3 Å². The molecule has 0 aromatic carbocycles. The summed E-state index contributed by atoms with van der Waals surface area (Å²) in [4.78, 5) is 46.8. The molecule has 1 aromatic rings. The summed E-state index contributed by atoms with van der Waals surface area (Å²) in [5.41, 5.74) is 7.24. The second kappa shape index (κ2) is 3.17. The number of aromatic amines is 2. The van der Waals surface area contributed by atoms with Crippen LogP contribution in [0.4, 0.5) is 5.82 Å². The third kappa shape index (κ3) is 1.53. The quantitative estimate of drug-likeness (QED) is 0.301. The smallest absolute Gasteiger partial charge is 0.327 e. The summed E-state index contributed by atoms with van der Waals surface area (Å²) in [5.74, 6) is -3.06. The molecule has 1 rings (SSSR count). The van der Waals surface area contributed by atoms with Crippen LogP contribution in [0.5, 0.6) is 0 Å². The number of nitrogen functional groups attached to an aromatic ring is 1. The predicted molar refractivity (Wildman–Crippen MR) is 45.6 cm³/mol. The van der Waals surface area contributed by atoms with Gasteiger partial charge >= 0.3 is 5.69 Å². The third-order valence-corrected chi connectivity index (χ3v) is 1.42. The van der Waals surface area contributed by atoms with Crippen molar-refractivity contribution >= 4 is 17.5 Å². The molecule has 0 aliphatic rings. The minimum atomic E-state index is -1.32. The van der Waals surface area contributed by atoms with Crippen molar-refractivity contribution in [3.8, 4) is 0 Å². The van der Waals surface area contributed by atoms with Crippen LogP contribution in [0.2, 0.25) is 0 Å². The fourth-order valence-corrected chi connectivity index (χ4v) is 0.853. The lowest BCUT2D eigenvalue weighted by Crippen LogP contribution is -2.34. The first-order valence-electron chi connectivity index (χ1n) is 3.39. The Kier molecular flexibility index (Phi) is 2.19. The summed E-state index contributed by atoms with van der Waals surface area (Å²) in [6.45, 7) is 0. The summed E-state index contributed by atoms with van der Waals surface area (Å²) in [5, 5.41) is 0. The lowest BCUT2D eigenvalue weighted by Gasteiger charge is -1.98. The second-order valence-electron chi connectivity index (χ2n) is 2.39. The number of hydrogen-bond donors (Lipinski definition) is 4. The van der Waals surface area contributed by atoms with E-state index in [1.165, 1.54) is 0 Å². The van der Waals surface area contributed by atoms with Crippen LogP contribution in [0.1, 0.15) is 10.4 Å². The summed E-state index contributed by atoms with van der Waals surface area (Å²) in [7, 11) is 0. The molecule has 1 aromatic heterocycles. The number of H-pyrrole nitrogens is 2. The van der Waals surface area contributed by atoms with Gasteiger partial charge in [0.25, 0.3) is 17.2 Å². The highest BCUT2D eigenvalue weighted by atomic mass is 16.2. The van der Waals surface area contributed by atoms with Crippen molar-refractivity contribution < 1.29 is 9.59 Å². The van der Waals surface area contributed by atoms with Crippen molar-refractivity contribution in [2.75, 3.05) is 5.73 Å². The average molecular weight is 198 g/mol. The number of primary amides is 1. The molecule has 0 aliphatic heterocycles. The first-order chi connectivity index (χ1) is 6.43. The zero-order valence-corrected chi connectivity index (χ0v) is 6.79. The molecule has 1 amide bonds. The van der Waals surface area contributed by atoms with E-state index in [2.05, 4.69) is 5.73 Å². The van der Waals surface area contributed by atoms with Crippen LogP contribution in [0.15, 0.2) is 9.59 Å². The topological polar surface area (TPSA) is 152 Å². The molecule has 8 heteroatoms. The number of amides is 1. The monoisotopic (exact) mass is 198 g/mol. The molecule has 0 aliphatic carbocycles. The number of carbonyl (C=O) groups is 2. The van der Waals surface area contributed by atoms with Crippen molar-refractivity contribution in [2.24, 2.45) is 5.73 Å². The van der Waals surface area contributed by atoms with E-state index in [9.17, 15) is 19.2 Å². The van der Waals surface area contributed by atoms with Gasteiger partial charge in [0.15, 0.2) is 0 Å². The molecule has 0 fully saturated rings. The van der Waals surface area contributed by atoms with E-state index in [1.807, 2.05) is 4.98 Å². The number of nitrogens with two attached hydrogens (primary N) is 2. The number of Topliss-reactive ketones (excluding diaryl/α,β-unsaturated/α-hetero) is 1. The fraction of sp³-hybridized carbons (Fsp3) is 0. The van der Waals surface area contributed by atoms with Crippen LogP contribution in [-0.2, 0) is 4.79 Å². The van der Waals surface area contributed by atoms with Gasteiger partial charge in [-0.15, -0.1) is 0 Å². The number of hydrogen-bond acceptors (Lipinski definition) is 5. The standard InChI is InChI=1S/C6H6N4O4/c7-3-1(2(11)4(8)12)5(13)10-6(14)9-3/h(H2,8,12)(H4,7,9,10,13,14). The van der Waals surface area contributed by atoms with Gasteiger partial charge in [-0.1, -0.05) is 0 Å². The fourth-order valence-electron chi connectivity index (χ4n) is 0.853. The Morgan fingerprint density at radius 3 is 2.14 bits per heavy atom. The SMILES string of the molecule is NC(=O)C(=O)c1c(N)[nH]c(=O)[nH]c1=O. The van der Waals surface area contributed by atoms with Crippen molar-refractivity contribution in [3.05, 3.63) is 26.4 Å². The molecule has 8 nitrogen and oxygen atoms in total. The van der Waals surface area contributed by atoms with E-state index in [0.29, 0.717) is 0 Å². The van der Waals surface area contributed by atoms with Gasteiger partial charge in [0.2, 0.25) is 0 Å². The van der Waals surface area contributed by atoms with Crippen molar-refractivity contribution in [2.45, 2.75) is 0 Å². The summed E-state index contributed by atoms with van der Waals surface area (Å²) in [6, 6.07) is 0. The Morgan fingerprint density at radius 1 is 1.14 bits per heavy atom. The van der Waals surface area contributed by atoms with Crippen molar-refractivity contribution in [1.82, 2.24) is 9.97 Å². The van der Waals surface area contributed by atoms with Gasteiger partial charge in [0, 0.05) is 0 Å². The molecule has 1 heterocycles. The first kappa shape index (κ1) is 9.71. The van der Waals surface area contributed by atoms with Crippen LogP contribution in [0.25, 0.3) is 0 Å². The van der Waals surface area contributed by atoms with E-state index in [1.54, 1.807) is 4.98 Å². The minimum absolute atomic E-state index is 0.484. The molecular formula is C6H6N4O4. The number of carbonyl (C=O) groups excluding carboxylic acids is 2. The summed E-state index contributed by atoms with van der Waals surface area (Å²) < 4.78 is 0. The van der Waals surface area contributed by atoms with Crippen LogP contribution in [-0.4, -0.2) is 21.7 Å². The number of aromatic nitrogens is 2. The van der Waals surface area contributed by atoms with Gasteiger partial charge in [0.1, 0.15) is 11.4 Å². The molecule has 0 saturated carbocycles. The van der Waals surface area contributed by atoms with Gasteiger partial charge in [-0.3, -0.25) is 24.4 Å². The maximum atomic E-state index is 11.0. The Hall–Kier alpha value is -2.38. The second-order valence-corrected chi connectivity index (χ2v) is 2.39. The lowest BCUT2D eigenvalue weighted by molar-refractivity contribution is -0.114. The Labute approximate surface area is 75.9 Å². The Morgan fingerprint density at radius 2 is 1.71 bits per heavy atom. The van der Waals surface area contributed by atoms with Gasteiger partial charge in [-0.25, -0.2) is 4.79 Å². The molecule has 74 valence electrons. The molecule has 0 unspecified atom stereocenters. The normalized spacial score (nSPS) is 9.71. The van der Waals surface area contributed by atoms with Crippen molar-refractivity contribution in [1.29, 1.82) is 0 Å². The van der Waals surface area contributed by atoms with Gasteiger partial charge in [-0.05, 0) is 0 Å². The van der Waals surface area contributed by atoms with Crippen LogP contribution in [0.3, 0.4) is 0 Å². The van der Waals surface area contributed by atoms with E-state index in [-0.39, 0.29) is 0 Å². The van der Waals surface area contributed by atoms with Crippen LogP contribution >= 0.6 is 0 Å². The molecular weight excluding hydrogens is 192 g/mol. The molecule has 0 radical (unpaired) electrons.